The summed E-state index contributed by atoms with van der Waals surface area (Å²) in [5.41, 5.74) is 0.542. The van der Waals surface area contributed by atoms with Gasteiger partial charge in [-0.2, -0.15) is 0 Å². The van der Waals surface area contributed by atoms with Gasteiger partial charge in [0.15, 0.2) is 0 Å². The van der Waals surface area contributed by atoms with Crippen LogP contribution < -0.4 is 0 Å². The van der Waals surface area contributed by atoms with Crippen LogP contribution in [0.25, 0.3) is 0 Å². The molecule has 0 aliphatic carbocycles. The maximum Gasteiger partial charge on any atom is 0.0628 e. The molecule has 0 N–H and O–H groups in total. The van der Waals surface area contributed by atoms with Crippen LogP contribution in [0, 0.1) is 0 Å². The summed E-state index contributed by atoms with van der Waals surface area (Å²) in [6.07, 6.45) is 4.85. The van der Waals surface area contributed by atoms with E-state index in [0.717, 1.165) is 0 Å². The molecule has 9 heavy (non-hydrogen) atoms. The van der Waals surface area contributed by atoms with E-state index in [2.05, 4.69) is 4.98 Å². The van der Waals surface area contributed by atoms with Crippen LogP contribution in [0.2, 0.25) is 0 Å². The van der Waals surface area contributed by atoms with Crippen LogP contribution in [0.3, 0.4) is 0 Å². The second-order valence-corrected chi connectivity index (χ2v) is 1.34. The second kappa shape index (κ2) is 4.24. The Morgan fingerprint density at radius 2 is 1.89 bits per heavy atom. The van der Waals surface area contributed by atoms with E-state index in [0.29, 0.717) is 5.56 Å². The first-order chi connectivity index (χ1) is 3.93. The van der Waals surface area contributed by atoms with Crippen LogP contribution in [0.5, 0.6) is 0 Å². The minimum Gasteiger partial charge on any atom is -0.376 e. The zero-order valence-corrected chi connectivity index (χ0v) is 5.62. The zero-order valence-electron chi connectivity index (χ0n) is 4.52. The summed E-state index contributed by atoms with van der Waals surface area (Å²) in [6, 6.07) is 3.21. The van der Waals surface area contributed by atoms with Crippen molar-refractivity contribution in [1.29, 1.82) is 0 Å². The number of hydrogen-bond acceptors (Lipinski definition) is 2. The smallest absolute Gasteiger partial charge is 0.0628 e. The molecular weight excluding hydrogens is 158 g/mol. The molecule has 0 spiro atoms. The maximum absolute atomic E-state index is 9.85. The first kappa shape index (κ1) is 8.34. The summed E-state index contributed by atoms with van der Waals surface area (Å²) in [4.78, 5) is 13.6. The van der Waals surface area contributed by atoms with E-state index in [1.54, 1.807) is 30.8 Å². The molecule has 0 amide bonds. The molecule has 0 aliphatic rings. The van der Waals surface area contributed by atoms with Crippen LogP contribution in [-0.4, -0.2) is 11.3 Å². The molecule has 0 bridgehead atoms. The van der Waals surface area contributed by atoms with Crippen LogP contribution in [0.4, 0.5) is 0 Å². The molecule has 1 heterocycles. The van der Waals surface area contributed by atoms with Crippen molar-refractivity contribution in [3.05, 3.63) is 30.1 Å². The predicted octanol–water partition coefficient (Wildman–Crippen LogP) is 0.537. The Bertz CT molecular complexity index is 176. The molecule has 0 unspecified atom stereocenters. The van der Waals surface area contributed by atoms with Gasteiger partial charge < -0.3 is 4.79 Å². The average molecular weight is 162 g/mol. The molecule has 1 aromatic heterocycles. The van der Waals surface area contributed by atoms with Crippen molar-refractivity contribution in [2.45, 2.75) is 0 Å². The van der Waals surface area contributed by atoms with Gasteiger partial charge in [-0.15, -0.1) is 17.7 Å². The molecule has 0 aromatic carbocycles. The average Bonchev–Trinajstić information content (AvgIpc) is 1.90. The van der Waals surface area contributed by atoms with Crippen molar-refractivity contribution in [2.75, 3.05) is 0 Å². The Kier molecular flexibility index (Phi) is 3.93. The van der Waals surface area contributed by atoms with Gasteiger partial charge in [-0.05, 0) is 12.4 Å². The molecule has 48 valence electrons. The zero-order chi connectivity index (χ0) is 5.82. The van der Waals surface area contributed by atoms with Crippen LogP contribution in [0.1, 0.15) is 5.56 Å². The second-order valence-electron chi connectivity index (χ2n) is 1.34. The third-order valence-electron chi connectivity index (χ3n) is 0.798. The topological polar surface area (TPSA) is 30.0 Å². The van der Waals surface area contributed by atoms with Gasteiger partial charge in [-0.25, -0.2) is 0 Å². The molecule has 0 saturated heterocycles. The molecule has 0 aliphatic heterocycles. The number of pyridine rings is 1. The fraction of sp³-hybridized carbons (Fsp3) is 0. The van der Waals surface area contributed by atoms with Crippen molar-refractivity contribution in [2.24, 2.45) is 0 Å². The van der Waals surface area contributed by atoms with Crippen LogP contribution in [0.15, 0.2) is 24.5 Å². The van der Waals surface area contributed by atoms with Crippen molar-refractivity contribution < 1.29 is 21.9 Å². The number of carbonyl (C=O) groups excluding carboxylic acids is 1. The first-order valence-corrected chi connectivity index (χ1v) is 2.21. The van der Waals surface area contributed by atoms with E-state index < -0.39 is 0 Å². The molecule has 1 aromatic rings. The normalized spacial score (nSPS) is 7.56. The van der Waals surface area contributed by atoms with Gasteiger partial charge in [0.1, 0.15) is 0 Å². The van der Waals surface area contributed by atoms with E-state index in [1.165, 1.54) is 0 Å². The monoisotopic (exact) mass is 162 g/mol. The Morgan fingerprint density at radius 3 is 2.22 bits per heavy atom. The summed E-state index contributed by atoms with van der Waals surface area (Å²) in [7, 11) is 0. The van der Waals surface area contributed by atoms with E-state index >= 15 is 0 Å². The summed E-state index contributed by atoms with van der Waals surface area (Å²) in [5.74, 6) is 0. The fourth-order valence-corrected chi connectivity index (χ4v) is 0.420. The van der Waals surface area contributed by atoms with Gasteiger partial charge in [0.05, 0.1) is 6.29 Å². The third kappa shape index (κ3) is 2.40. The van der Waals surface area contributed by atoms with E-state index in [4.69, 9.17) is 0 Å². The van der Waals surface area contributed by atoms with Crippen LogP contribution in [-0.2, 0) is 21.9 Å². The number of rotatable bonds is 1. The Balaban J connectivity index is 0.000000640. The molecule has 1 rings (SSSR count). The molecule has 0 atom stereocenters. The molecule has 0 radical (unpaired) electrons. The number of hydrogen-bond donors (Lipinski definition) is 0. The summed E-state index contributed by atoms with van der Waals surface area (Å²) >= 11 is 0. The largest absolute Gasteiger partial charge is 0.376 e. The summed E-state index contributed by atoms with van der Waals surface area (Å²) in [6.45, 7) is 0. The predicted molar refractivity (Wildman–Crippen MR) is 29.0 cm³/mol. The number of nitrogens with zero attached hydrogens (tertiary/aromatic N) is 1. The fourth-order valence-electron chi connectivity index (χ4n) is 0.420. The Morgan fingerprint density at radius 1 is 1.33 bits per heavy atom. The van der Waals surface area contributed by atoms with Gasteiger partial charge in [0.25, 0.3) is 0 Å². The first-order valence-electron chi connectivity index (χ1n) is 2.21. The molecule has 3 heteroatoms. The van der Waals surface area contributed by atoms with Gasteiger partial charge in [-0.1, -0.05) is 0 Å². The standard InChI is InChI=1S/C6H4NO.Fe/c8-5-6-1-3-7-4-2-6;/h1-4H;/q-1;. The van der Waals surface area contributed by atoms with E-state index in [1.807, 2.05) is 0 Å². The minimum absolute atomic E-state index is 0. The van der Waals surface area contributed by atoms with Gasteiger partial charge in [0.2, 0.25) is 0 Å². The van der Waals surface area contributed by atoms with E-state index in [9.17, 15) is 4.79 Å². The molecule has 0 fully saturated rings. The Hall–Kier alpha value is -0.661. The molecular formula is C6H4FeNO-. The summed E-state index contributed by atoms with van der Waals surface area (Å²) < 4.78 is 0. The minimum atomic E-state index is 0. The molecule has 2 nitrogen and oxygen atoms in total. The molecule has 0 saturated carbocycles. The van der Waals surface area contributed by atoms with Crippen molar-refractivity contribution in [1.82, 2.24) is 4.98 Å². The SMILES string of the molecule is O=[C-]c1ccncc1.[Fe]. The van der Waals surface area contributed by atoms with Gasteiger partial charge in [-0.3, -0.25) is 4.98 Å². The maximum atomic E-state index is 9.85. The van der Waals surface area contributed by atoms with Gasteiger partial charge >= 0.3 is 0 Å². The third-order valence-corrected chi connectivity index (χ3v) is 0.798. The van der Waals surface area contributed by atoms with Crippen molar-refractivity contribution >= 4 is 6.29 Å². The summed E-state index contributed by atoms with van der Waals surface area (Å²) in [5, 5.41) is 0. The van der Waals surface area contributed by atoms with E-state index in [-0.39, 0.29) is 17.1 Å². The van der Waals surface area contributed by atoms with Crippen LogP contribution >= 0.6 is 0 Å². The number of aromatic nitrogens is 1. The Labute approximate surface area is 63.8 Å². The van der Waals surface area contributed by atoms with Crippen molar-refractivity contribution in [3.8, 4) is 0 Å². The van der Waals surface area contributed by atoms with Gasteiger partial charge in [0, 0.05) is 17.1 Å². The quantitative estimate of drug-likeness (QED) is 0.445. The van der Waals surface area contributed by atoms with Crippen molar-refractivity contribution in [3.63, 3.8) is 0 Å².